The van der Waals surface area contributed by atoms with Crippen LogP contribution in [-0.4, -0.2) is 49.3 Å². The Morgan fingerprint density at radius 1 is 1.55 bits per heavy atom. The molecular weight excluding hydrogens is 325 g/mol. The number of cyclic esters (lactones) is 1. The molecular formula is C10H20NO6PS2. The van der Waals surface area contributed by atoms with Gasteiger partial charge in [-0.15, -0.1) is 0 Å². The highest BCUT2D eigenvalue weighted by Gasteiger charge is 2.48. The van der Waals surface area contributed by atoms with E-state index in [1.54, 1.807) is 6.92 Å². The number of nitrogens with zero attached hydrogens (tertiary/aromatic N) is 1. The second-order valence-electron chi connectivity index (χ2n) is 4.44. The van der Waals surface area contributed by atoms with Crippen molar-refractivity contribution >= 4 is 34.0 Å². The van der Waals surface area contributed by atoms with E-state index in [9.17, 15) is 17.8 Å². The minimum absolute atomic E-state index is 0.0115. The second kappa shape index (κ2) is 6.68. The fourth-order valence-corrected chi connectivity index (χ4v) is 7.15. The Morgan fingerprint density at radius 3 is 2.55 bits per heavy atom. The molecule has 3 unspecified atom stereocenters. The number of hydrogen-bond acceptors (Lipinski definition) is 7. The molecule has 118 valence electrons. The molecule has 0 N–H and O–H groups in total. The van der Waals surface area contributed by atoms with E-state index in [0.29, 0.717) is 0 Å². The molecule has 1 rings (SSSR count). The zero-order valence-electron chi connectivity index (χ0n) is 11.9. The van der Waals surface area contributed by atoms with Crippen LogP contribution in [0.25, 0.3) is 0 Å². The van der Waals surface area contributed by atoms with Gasteiger partial charge < -0.3 is 9.26 Å². The fraction of sp³-hybridized carbons (Fsp3) is 0.900. The molecule has 1 heterocycles. The predicted molar refractivity (Wildman–Crippen MR) is 78.4 cm³/mol. The van der Waals surface area contributed by atoms with Crippen LogP contribution < -0.4 is 0 Å². The molecule has 3 atom stereocenters. The predicted octanol–water partition coefficient (Wildman–Crippen LogP) is 2.49. The highest BCUT2D eigenvalue weighted by Crippen LogP contribution is 2.65. The summed E-state index contributed by atoms with van der Waals surface area (Å²) in [5.41, 5.74) is -1.29. The van der Waals surface area contributed by atoms with Crippen LogP contribution in [0.15, 0.2) is 0 Å². The second-order valence-corrected chi connectivity index (χ2v) is 11.3. The van der Waals surface area contributed by atoms with Crippen LogP contribution in [0.1, 0.15) is 27.2 Å². The number of sulfone groups is 1. The van der Waals surface area contributed by atoms with Crippen LogP contribution in [0, 0.1) is 0 Å². The third kappa shape index (κ3) is 4.13. The molecule has 0 radical (unpaired) electrons. The van der Waals surface area contributed by atoms with Crippen molar-refractivity contribution in [2.24, 2.45) is 0 Å². The summed E-state index contributed by atoms with van der Waals surface area (Å²) in [4.78, 5) is 11.8. The Labute approximate surface area is 123 Å². The number of hydrogen-bond donors (Lipinski definition) is 0. The molecule has 1 fully saturated rings. The molecule has 0 aromatic rings. The van der Waals surface area contributed by atoms with Crippen molar-refractivity contribution in [3.05, 3.63) is 0 Å². The molecule has 10 heteroatoms. The molecule has 1 aliphatic heterocycles. The van der Waals surface area contributed by atoms with E-state index in [1.807, 2.05) is 13.8 Å². The van der Waals surface area contributed by atoms with Crippen molar-refractivity contribution in [3.8, 4) is 0 Å². The maximum absolute atomic E-state index is 12.8. The topological polar surface area (TPSA) is 90.0 Å². The lowest BCUT2D eigenvalue weighted by Crippen LogP contribution is -2.26. The summed E-state index contributed by atoms with van der Waals surface area (Å²) in [5, 5.41) is 0.0115. The normalized spacial score (nSPS) is 24.3. The Kier molecular flexibility index (Phi) is 5.95. The van der Waals surface area contributed by atoms with Crippen LogP contribution in [0.3, 0.4) is 0 Å². The van der Waals surface area contributed by atoms with Gasteiger partial charge in [0.25, 0.3) is 0 Å². The van der Waals surface area contributed by atoms with Crippen LogP contribution in [-0.2, 0) is 23.7 Å². The first-order chi connectivity index (χ1) is 9.14. The molecule has 20 heavy (non-hydrogen) atoms. The standard InChI is InChI=1S/C10H20NO6PS2/c1-5-8(3)19-18(13,16-6-2)11-7-9(17-10(11)12)20(4,14)15/h8-9H,5-7H2,1-4H3. The zero-order valence-corrected chi connectivity index (χ0v) is 14.5. The van der Waals surface area contributed by atoms with Gasteiger partial charge in [-0.05, 0) is 24.7 Å². The summed E-state index contributed by atoms with van der Waals surface area (Å²) in [6.07, 6.45) is 0.815. The van der Waals surface area contributed by atoms with E-state index in [-0.39, 0.29) is 18.4 Å². The summed E-state index contributed by atoms with van der Waals surface area (Å²) in [6.45, 7) is 1.86. The van der Waals surface area contributed by atoms with Crippen molar-refractivity contribution < 1.29 is 27.0 Å². The van der Waals surface area contributed by atoms with Crippen LogP contribution >= 0.6 is 18.1 Å². The molecule has 1 amide bonds. The van der Waals surface area contributed by atoms with Crippen molar-refractivity contribution in [1.82, 2.24) is 4.67 Å². The number of amides is 1. The molecule has 0 aromatic heterocycles. The number of rotatable bonds is 7. The van der Waals surface area contributed by atoms with E-state index in [1.165, 1.54) is 0 Å². The van der Waals surface area contributed by atoms with Gasteiger partial charge in [0.15, 0.2) is 9.84 Å². The molecule has 0 aliphatic carbocycles. The lowest BCUT2D eigenvalue weighted by Gasteiger charge is -2.26. The highest BCUT2D eigenvalue weighted by atomic mass is 32.7. The summed E-state index contributed by atoms with van der Waals surface area (Å²) in [5.74, 6) is 0. The van der Waals surface area contributed by atoms with Crippen molar-refractivity contribution in [3.63, 3.8) is 0 Å². The van der Waals surface area contributed by atoms with Crippen molar-refractivity contribution in [2.75, 3.05) is 19.4 Å². The summed E-state index contributed by atoms with van der Waals surface area (Å²) < 4.78 is 46.7. The average molecular weight is 345 g/mol. The fourth-order valence-electron chi connectivity index (χ4n) is 1.47. The van der Waals surface area contributed by atoms with Gasteiger partial charge in [-0.3, -0.25) is 4.57 Å². The van der Waals surface area contributed by atoms with Gasteiger partial charge in [-0.25, -0.2) is 17.9 Å². The summed E-state index contributed by atoms with van der Waals surface area (Å²) >= 11 is 1.05. The highest BCUT2D eigenvalue weighted by molar-refractivity contribution is 8.56. The van der Waals surface area contributed by atoms with E-state index < -0.39 is 28.1 Å². The van der Waals surface area contributed by atoms with Gasteiger partial charge in [0.1, 0.15) is 0 Å². The van der Waals surface area contributed by atoms with E-state index in [2.05, 4.69) is 0 Å². The molecule has 0 aromatic carbocycles. The lowest BCUT2D eigenvalue weighted by atomic mass is 10.4. The Balaban J connectivity index is 2.98. The summed E-state index contributed by atoms with van der Waals surface area (Å²) in [6, 6.07) is 0. The first-order valence-electron chi connectivity index (χ1n) is 6.24. The van der Waals surface area contributed by atoms with Gasteiger partial charge in [0, 0.05) is 11.5 Å². The van der Waals surface area contributed by atoms with Gasteiger partial charge in [0.05, 0.1) is 13.2 Å². The monoisotopic (exact) mass is 345 g/mol. The Hall–Kier alpha value is -0.240. The lowest BCUT2D eigenvalue weighted by molar-refractivity contribution is 0.158. The Bertz CT molecular complexity index is 508. The third-order valence-electron chi connectivity index (χ3n) is 2.72. The van der Waals surface area contributed by atoms with E-state index in [4.69, 9.17) is 9.26 Å². The molecule has 0 bridgehead atoms. The maximum Gasteiger partial charge on any atom is 0.419 e. The minimum Gasteiger partial charge on any atom is -0.427 e. The van der Waals surface area contributed by atoms with Gasteiger partial charge in [0.2, 0.25) is 5.44 Å². The van der Waals surface area contributed by atoms with Gasteiger partial charge in [-0.2, -0.15) is 0 Å². The largest absolute Gasteiger partial charge is 0.427 e. The van der Waals surface area contributed by atoms with E-state index in [0.717, 1.165) is 28.7 Å². The first-order valence-corrected chi connectivity index (χ1v) is 11.3. The number of carbonyl (C=O) groups excluding carboxylic acids is 1. The number of carbonyl (C=O) groups is 1. The molecule has 0 saturated carbocycles. The molecule has 1 aliphatic rings. The molecule has 0 spiro atoms. The first kappa shape index (κ1) is 17.8. The van der Waals surface area contributed by atoms with Gasteiger partial charge in [-0.1, -0.05) is 13.8 Å². The van der Waals surface area contributed by atoms with Crippen LogP contribution in [0.4, 0.5) is 4.79 Å². The molecule has 7 nitrogen and oxygen atoms in total. The zero-order chi connectivity index (χ0) is 15.6. The van der Waals surface area contributed by atoms with Crippen LogP contribution in [0.2, 0.25) is 0 Å². The third-order valence-corrected chi connectivity index (χ3v) is 9.17. The smallest absolute Gasteiger partial charge is 0.419 e. The SMILES string of the molecule is CCOP(=O)(SC(C)CC)N1CC(S(C)(=O)=O)OC1=O. The molecule has 1 saturated heterocycles. The van der Waals surface area contributed by atoms with Crippen LogP contribution in [0.5, 0.6) is 0 Å². The quantitative estimate of drug-likeness (QED) is 0.655. The van der Waals surface area contributed by atoms with Crippen molar-refractivity contribution in [2.45, 2.75) is 37.9 Å². The Morgan fingerprint density at radius 2 is 2.15 bits per heavy atom. The maximum atomic E-state index is 12.8. The average Bonchev–Trinajstić information content (AvgIpc) is 2.72. The van der Waals surface area contributed by atoms with Crippen molar-refractivity contribution in [1.29, 1.82) is 0 Å². The number of ether oxygens (including phenoxy) is 1. The summed E-state index contributed by atoms with van der Waals surface area (Å²) in [7, 11) is -3.55. The van der Waals surface area contributed by atoms with E-state index >= 15 is 0 Å². The van der Waals surface area contributed by atoms with Gasteiger partial charge >= 0.3 is 12.8 Å². The minimum atomic E-state index is -3.55.